The molecule has 0 aromatic carbocycles. The number of carbonyl (C=O) groups excluding carboxylic acids is 3. The van der Waals surface area contributed by atoms with Gasteiger partial charge in [-0.3, -0.25) is 14.4 Å². The standard InChI is InChI=1S/C27H47N3O16/c1-4-5-6-15(36)30-25-16(28-10(2)34)19(38)23(13(8-32)42-25)45-26-17(29-11(3)35)20(39)24(14(9-33)44-26)46-27-22(41)21(40)18(37)12(7-31)43-27/h12-14,16-27,31-33,37-41H,4-9H2,1-3H3,(H,28,34)(H,29,35)(H,30,36)/t12?,13?,14?,16-,17-,18+,19+,20+,21-,22+,23+,24+,25?,26?,27?/m0/s1. The van der Waals surface area contributed by atoms with Crippen LogP contribution in [0, 0.1) is 0 Å². The van der Waals surface area contributed by atoms with Crippen LogP contribution in [-0.2, 0) is 38.1 Å². The number of hydrogen-bond donors (Lipinski definition) is 11. The zero-order valence-corrected chi connectivity index (χ0v) is 25.7. The third-order valence-corrected chi connectivity index (χ3v) is 7.98. The maximum atomic E-state index is 12.4. The molecule has 0 bridgehead atoms. The molecule has 0 saturated carbocycles. The molecule has 0 aromatic heterocycles. The van der Waals surface area contributed by atoms with Crippen LogP contribution in [0.5, 0.6) is 0 Å². The quantitative estimate of drug-likeness (QED) is 0.0870. The van der Waals surface area contributed by atoms with Gasteiger partial charge in [0.15, 0.2) is 18.8 Å². The van der Waals surface area contributed by atoms with Crippen molar-refractivity contribution in [1.29, 1.82) is 0 Å². The minimum absolute atomic E-state index is 0.143. The number of ether oxygens (including phenoxy) is 5. The Morgan fingerprint density at radius 3 is 1.67 bits per heavy atom. The lowest BCUT2D eigenvalue weighted by Crippen LogP contribution is -2.71. The lowest BCUT2D eigenvalue weighted by molar-refractivity contribution is -0.358. The molecular weight excluding hydrogens is 622 g/mol. The number of carbonyl (C=O) groups is 3. The van der Waals surface area contributed by atoms with Gasteiger partial charge in [-0.05, 0) is 6.42 Å². The van der Waals surface area contributed by atoms with Crippen molar-refractivity contribution in [2.24, 2.45) is 0 Å². The Balaban J connectivity index is 1.86. The fourth-order valence-electron chi connectivity index (χ4n) is 5.59. The van der Waals surface area contributed by atoms with E-state index in [2.05, 4.69) is 16.0 Å². The normalized spacial score (nSPS) is 41.4. The summed E-state index contributed by atoms with van der Waals surface area (Å²) in [7, 11) is 0. The van der Waals surface area contributed by atoms with Crippen molar-refractivity contribution in [3.8, 4) is 0 Å². The van der Waals surface area contributed by atoms with E-state index in [1.54, 1.807) is 0 Å². The lowest BCUT2D eigenvalue weighted by atomic mass is 9.93. The summed E-state index contributed by atoms with van der Waals surface area (Å²) < 4.78 is 28.6. The molecule has 3 rings (SSSR count). The molecule has 19 nitrogen and oxygen atoms in total. The van der Waals surface area contributed by atoms with E-state index in [0.717, 1.165) is 13.3 Å². The first-order valence-corrected chi connectivity index (χ1v) is 15.1. The minimum Gasteiger partial charge on any atom is -0.394 e. The van der Waals surface area contributed by atoms with Crippen molar-refractivity contribution < 1.29 is 78.9 Å². The third-order valence-electron chi connectivity index (χ3n) is 7.98. The zero-order valence-electron chi connectivity index (χ0n) is 25.7. The van der Waals surface area contributed by atoms with Gasteiger partial charge in [-0.1, -0.05) is 13.3 Å². The van der Waals surface area contributed by atoms with Crippen LogP contribution in [0.1, 0.15) is 40.0 Å². The van der Waals surface area contributed by atoms with Crippen LogP contribution >= 0.6 is 0 Å². The van der Waals surface area contributed by atoms with E-state index in [4.69, 9.17) is 23.7 Å². The van der Waals surface area contributed by atoms with Crippen molar-refractivity contribution in [3.63, 3.8) is 0 Å². The number of amides is 3. The Kier molecular flexibility index (Phi) is 14.4. The highest BCUT2D eigenvalue weighted by atomic mass is 16.7. The van der Waals surface area contributed by atoms with Gasteiger partial charge in [-0.2, -0.15) is 0 Å². The van der Waals surface area contributed by atoms with E-state index in [0.29, 0.717) is 6.42 Å². The number of aliphatic hydroxyl groups excluding tert-OH is 8. The Morgan fingerprint density at radius 2 is 1.13 bits per heavy atom. The van der Waals surface area contributed by atoms with Crippen molar-refractivity contribution in [1.82, 2.24) is 16.0 Å². The van der Waals surface area contributed by atoms with Gasteiger partial charge in [0.1, 0.15) is 73.1 Å². The average molecular weight is 670 g/mol. The summed E-state index contributed by atoms with van der Waals surface area (Å²) in [5.41, 5.74) is 0. The van der Waals surface area contributed by atoms with Gasteiger partial charge < -0.3 is 80.5 Å². The van der Waals surface area contributed by atoms with E-state index in [1.807, 2.05) is 6.92 Å². The number of rotatable bonds is 13. The fourth-order valence-corrected chi connectivity index (χ4v) is 5.59. The molecule has 3 fully saturated rings. The summed E-state index contributed by atoms with van der Waals surface area (Å²) >= 11 is 0. The van der Waals surface area contributed by atoms with Crippen LogP contribution < -0.4 is 16.0 Å². The van der Waals surface area contributed by atoms with Crippen LogP contribution in [0.4, 0.5) is 0 Å². The first-order chi connectivity index (χ1) is 21.8. The van der Waals surface area contributed by atoms with Crippen molar-refractivity contribution in [2.45, 2.75) is 132 Å². The smallest absolute Gasteiger partial charge is 0.222 e. The van der Waals surface area contributed by atoms with Gasteiger partial charge >= 0.3 is 0 Å². The molecule has 3 aliphatic rings. The Labute approximate surface area is 264 Å². The van der Waals surface area contributed by atoms with Crippen molar-refractivity contribution in [2.75, 3.05) is 19.8 Å². The molecule has 3 saturated heterocycles. The molecular formula is C27H47N3O16. The lowest BCUT2D eigenvalue weighted by Gasteiger charge is -2.49. The molecule has 3 amide bonds. The molecule has 0 spiro atoms. The second-order valence-electron chi connectivity index (χ2n) is 11.5. The van der Waals surface area contributed by atoms with Gasteiger partial charge in [0.25, 0.3) is 0 Å². The second kappa shape index (κ2) is 17.3. The minimum atomic E-state index is -1.86. The zero-order chi connectivity index (χ0) is 34.3. The summed E-state index contributed by atoms with van der Waals surface area (Å²) in [6, 6.07) is -2.77. The Morgan fingerprint density at radius 1 is 0.630 bits per heavy atom. The maximum Gasteiger partial charge on any atom is 0.222 e. The van der Waals surface area contributed by atoms with E-state index in [1.165, 1.54) is 6.92 Å². The highest BCUT2D eigenvalue weighted by molar-refractivity contribution is 5.77. The number of nitrogens with one attached hydrogen (secondary N) is 3. The molecule has 6 unspecified atom stereocenters. The Bertz CT molecular complexity index is 1010. The van der Waals surface area contributed by atoms with Crippen LogP contribution in [0.25, 0.3) is 0 Å². The predicted octanol–water partition coefficient (Wildman–Crippen LogP) is -5.97. The molecule has 19 heteroatoms. The van der Waals surface area contributed by atoms with Crippen LogP contribution in [0.15, 0.2) is 0 Å². The third kappa shape index (κ3) is 9.07. The number of unbranched alkanes of at least 4 members (excludes halogenated alkanes) is 1. The summed E-state index contributed by atoms with van der Waals surface area (Å²) in [4.78, 5) is 36.6. The molecule has 3 heterocycles. The van der Waals surface area contributed by atoms with Crippen LogP contribution in [0.2, 0.25) is 0 Å². The molecule has 11 N–H and O–H groups in total. The highest BCUT2D eigenvalue weighted by Crippen LogP contribution is 2.32. The van der Waals surface area contributed by atoms with E-state index < -0.39 is 129 Å². The van der Waals surface area contributed by atoms with Gasteiger partial charge in [-0.25, -0.2) is 0 Å². The van der Waals surface area contributed by atoms with E-state index in [9.17, 15) is 55.2 Å². The molecule has 0 aliphatic carbocycles. The second-order valence-corrected chi connectivity index (χ2v) is 11.5. The molecule has 3 aliphatic heterocycles. The number of hydrogen-bond acceptors (Lipinski definition) is 16. The fraction of sp³-hybridized carbons (Fsp3) is 0.889. The summed E-state index contributed by atoms with van der Waals surface area (Å²) in [6.45, 7) is 1.83. The molecule has 266 valence electrons. The highest BCUT2D eigenvalue weighted by Gasteiger charge is 2.54. The Hall–Kier alpha value is -2.11. The van der Waals surface area contributed by atoms with Gasteiger partial charge in [0, 0.05) is 20.3 Å². The monoisotopic (exact) mass is 669 g/mol. The molecule has 15 atom stereocenters. The van der Waals surface area contributed by atoms with Crippen LogP contribution in [-0.4, -0.2) is 170 Å². The van der Waals surface area contributed by atoms with Crippen LogP contribution in [0.3, 0.4) is 0 Å². The van der Waals surface area contributed by atoms with Crippen molar-refractivity contribution in [3.05, 3.63) is 0 Å². The SMILES string of the molecule is CCCCC(=O)NC1OC(CO)[C@@H](OC2OC(CO)[C@@H](OC3OC(CO)[C@@H](O)[C@H](O)[C@H]3O)[C@H](O)[C@@H]2NC(C)=O)[C@H](O)[C@@H]1NC(C)=O. The van der Waals surface area contributed by atoms with Crippen molar-refractivity contribution >= 4 is 17.7 Å². The largest absolute Gasteiger partial charge is 0.394 e. The molecule has 0 aromatic rings. The molecule has 46 heavy (non-hydrogen) atoms. The maximum absolute atomic E-state index is 12.4. The number of aliphatic hydroxyl groups is 8. The summed E-state index contributed by atoms with van der Waals surface area (Å²) in [5.74, 6) is -1.69. The predicted molar refractivity (Wildman–Crippen MR) is 150 cm³/mol. The summed E-state index contributed by atoms with van der Waals surface area (Å²) in [6.07, 6.45) is -19.2. The first-order valence-electron chi connectivity index (χ1n) is 15.1. The summed E-state index contributed by atoms with van der Waals surface area (Å²) in [5, 5.41) is 90.6. The van der Waals surface area contributed by atoms with Gasteiger partial charge in [-0.15, -0.1) is 0 Å². The topological polar surface area (TPSA) is 295 Å². The van der Waals surface area contributed by atoms with E-state index in [-0.39, 0.29) is 6.42 Å². The van der Waals surface area contributed by atoms with Gasteiger partial charge in [0.05, 0.1) is 19.8 Å². The average Bonchev–Trinajstić information content (AvgIpc) is 3.01. The first kappa shape index (κ1) is 38.3. The van der Waals surface area contributed by atoms with E-state index >= 15 is 0 Å². The van der Waals surface area contributed by atoms with Gasteiger partial charge in [0.2, 0.25) is 17.7 Å². The molecule has 0 radical (unpaired) electrons.